The summed E-state index contributed by atoms with van der Waals surface area (Å²) in [4.78, 5) is 4.31. The van der Waals surface area contributed by atoms with Gasteiger partial charge in [-0.1, -0.05) is 41.4 Å². The van der Waals surface area contributed by atoms with Gasteiger partial charge in [-0.3, -0.25) is 0 Å². The van der Waals surface area contributed by atoms with Crippen molar-refractivity contribution in [3.63, 3.8) is 0 Å². The van der Waals surface area contributed by atoms with E-state index in [1.54, 1.807) is 25.3 Å². The predicted octanol–water partition coefficient (Wildman–Crippen LogP) is 4.70. The van der Waals surface area contributed by atoms with Gasteiger partial charge >= 0.3 is 0 Å². The number of methoxy groups -OCH3 is 1. The average Bonchev–Trinajstić information content (AvgIpc) is 2.59. The van der Waals surface area contributed by atoms with Gasteiger partial charge in [-0.25, -0.2) is 4.98 Å². The summed E-state index contributed by atoms with van der Waals surface area (Å²) in [5.41, 5.74) is 0.666. The Labute approximate surface area is 150 Å². The quantitative estimate of drug-likeness (QED) is 0.646. The summed E-state index contributed by atoms with van der Waals surface area (Å²) in [6.45, 7) is 0.262. The summed E-state index contributed by atoms with van der Waals surface area (Å²) in [6, 6.07) is 14.6. The second kappa shape index (κ2) is 7.26. The molecule has 0 bridgehead atoms. The van der Waals surface area contributed by atoms with E-state index >= 15 is 0 Å². The molecule has 4 nitrogen and oxygen atoms in total. The number of aliphatic hydroxyl groups is 1. The van der Waals surface area contributed by atoms with Crippen LogP contribution in [0, 0.1) is 0 Å². The maximum atomic E-state index is 10.4. The lowest BCUT2D eigenvalue weighted by atomic mass is 10.1. The molecule has 0 saturated carbocycles. The maximum Gasteiger partial charge on any atom is 0.135 e. The van der Waals surface area contributed by atoms with E-state index in [1.165, 1.54) is 0 Å². The van der Waals surface area contributed by atoms with Gasteiger partial charge in [0.05, 0.1) is 13.2 Å². The third-order valence-corrected chi connectivity index (χ3v) is 4.27. The number of aliphatic hydroxyl groups excluding tert-OH is 1. The fourth-order valence-electron chi connectivity index (χ4n) is 2.51. The van der Waals surface area contributed by atoms with Crippen molar-refractivity contribution in [1.29, 1.82) is 0 Å². The SMILES string of the molecule is COc1ccc2c(NCC(O)c3ccccc3Cl)nc(Cl)cc2c1. The van der Waals surface area contributed by atoms with Crippen LogP contribution in [-0.2, 0) is 0 Å². The molecular formula is C18H16Cl2N2O2. The molecule has 6 heteroatoms. The molecule has 3 rings (SSSR count). The molecule has 0 aliphatic heterocycles. The average molecular weight is 363 g/mol. The molecule has 24 heavy (non-hydrogen) atoms. The highest BCUT2D eigenvalue weighted by Gasteiger charge is 2.13. The van der Waals surface area contributed by atoms with Crippen LogP contribution in [0.4, 0.5) is 5.82 Å². The zero-order valence-corrected chi connectivity index (χ0v) is 14.5. The summed E-state index contributed by atoms with van der Waals surface area (Å²) in [5, 5.41) is 16.2. The highest BCUT2D eigenvalue weighted by molar-refractivity contribution is 6.31. The number of rotatable bonds is 5. The lowest BCUT2D eigenvalue weighted by molar-refractivity contribution is 0.191. The highest BCUT2D eigenvalue weighted by Crippen LogP contribution is 2.29. The molecule has 1 aromatic heterocycles. The van der Waals surface area contributed by atoms with Crippen LogP contribution in [0.15, 0.2) is 48.5 Å². The maximum absolute atomic E-state index is 10.4. The molecule has 0 aliphatic carbocycles. The lowest BCUT2D eigenvalue weighted by Crippen LogP contribution is -2.13. The van der Waals surface area contributed by atoms with E-state index in [9.17, 15) is 5.11 Å². The van der Waals surface area contributed by atoms with Crippen molar-refractivity contribution in [2.45, 2.75) is 6.10 Å². The van der Waals surface area contributed by atoms with Crippen molar-refractivity contribution in [2.75, 3.05) is 19.0 Å². The van der Waals surface area contributed by atoms with E-state index in [1.807, 2.05) is 30.3 Å². The van der Waals surface area contributed by atoms with Crippen molar-refractivity contribution in [3.05, 3.63) is 64.3 Å². The Bertz CT molecular complexity index is 871. The van der Waals surface area contributed by atoms with Gasteiger partial charge in [-0.2, -0.15) is 0 Å². The molecule has 2 aromatic carbocycles. The number of nitrogens with zero attached hydrogens (tertiary/aromatic N) is 1. The number of ether oxygens (including phenoxy) is 1. The Morgan fingerprint density at radius 1 is 1.17 bits per heavy atom. The van der Waals surface area contributed by atoms with Crippen LogP contribution in [0.2, 0.25) is 10.2 Å². The largest absolute Gasteiger partial charge is 0.497 e. The molecule has 0 radical (unpaired) electrons. The minimum absolute atomic E-state index is 0.262. The third kappa shape index (κ3) is 3.56. The standard InChI is InChI=1S/C18H16Cl2N2O2/c1-24-12-6-7-13-11(8-12)9-17(20)22-18(13)21-10-16(23)14-4-2-3-5-15(14)19/h2-9,16,23H,10H2,1H3,(H,21,22). The van der Waals surface area contributed by atoms with E-state index in [0.29, 0.717) is 21.6 Å². The number of pyridine rings is 1. The molecule has 0 spiro atoms. The normalized spacial score (nSPS) is 12.2. The molecule has 1 atom stereocenters. The van der Waals surface area contributed by atoms with Crippen molar-refractivity contribution in [2.24, 2.45) is 0 Å². The van der Waals surface area contributed by atoms with Crippen molar-refractivity contribution in [3.8, 4) is 5.75 Å². The number of hydrogen-bond acceptors (Lipinski definition) is 4. The summed E-state index contributed by atoms with van der Waals surface area (Å²) in [6.07, 6.45) is -0.757. The van der Waals surface area contributed by atoms with Crippen LogP contribution in [0.5, 0.6) is 5.75 Å². The number of aromatic nitrogens is 1. The fourth-order valence-corrected chi connectivity index (χ4v) is 2.98. The Balaban J connectivity index is 1.86. The first-order valence-electron chi connectivity index (χ1n) is 7.39. The molecule has 1 unspecified atom stereocenters. The number of nitrogens with one attached hydrogen (secondary N) is 1. The Kier molecular flexibility index (Phi) is 5.09. The Morgan fingerprint density at radius 2 is 1.96 bits per heavy atom. The Hall–Kier alpha value is -2.01. The van der Waals surface area contributed by atoms with Gasteiger partial charge in [-0.05, 0) is 35.7 Å². The van der Waals surface area contributed by atoms with Gasteiger partial charge in [0, 0.05) is 22.5 Å². The van der Waals surface area contributed by atoms with Crippen LogP contribution < -0.4 is 10.1 Å². The molecule has 2 N–H and O–H groups in total. The zero-order valence-electron chi connectivity index (χ0n) is 13.0. The molecule has 124 valence electrons. The first-order chi connectivity index (χ1) is 11.6. The van der Waals surface area contributed by atoms with E-state index in [0.717, 1.165) is 16.5 Å². The fraction of sp³-hybridized carbons (Fsp3) is 0.167. The van der Waals surface area contributed by atoms with Crippen LogP contribution in [0.3, 0.4) is 0 Å². The first kappa shape index (κ1) is 16.8. The summed E-state index contributed by atoms with van der Waals surface area (Å²) >= 11 is 12.2. The van der Waals surface area contributed by atoms with Gasteiger partial charge < -0.3 is 15.2 Å². The third-order valence-electron chi connectivity index (χ3n) is 3.73. The summed E-state index contributed by atoms with van der Waals surface area (Å²) in [5.74, 6) is 1.35. The van der Waals surface area contributed by atoms with Crippen LogP contribution in [0.1, 0.15) is 11.7 Å². The highest BCUT2D eigenvalue weighted by atomic mass is 35.5. The predicted molar refractivity (Wildman–Crippen MR) is 98.2 cm³/mol. The molecule has 0 saturated heterocycles. The summed E-state index contributed by atoms with van der Waals surface area (Å²) < 4.78 is 5.23. The number of benzene rings is 2. The monoisotopic (exact) mass is 362 g/mol. The minimum atomic E-state index is -0.757. The van der Waals surface area contributed by atoms with E-state index < -0.39 is 6.10 Å². The van der Waals surface area contributed by atoms with Crippen LogP contribution >= 0.6 is 23.2 Å². The number of fused-ring (bicyclic) bond motifs is 1. The van der Waals surface area contributed by atoms with Crippen molar-refractivity contribution < 1.29 is 9.84 Å². The van der Waals surface area contributed by atoms with E-state index in [2.05, 4.69) is 10.3 Å². The topological polar surface area (TPSA) is 54.4 Å². The lowest BCUT2D eigenvalue weighted by Gasteiger charge is -2.15. The smallest absolute Gasteiger partial charge is 0.135 e. The first-order valence-corrected chi connectivity index (χ1v) is 8.14. The van der Waals surface area contributed by atoms with Gasteiger partial charge in [-0.15, -0.1) is 0 Å². The van der Waals surface area contributed by atoms with E-state index in [4.69, 9.17) is 27.9 Å². The van der Waals surface area contributed by atoms with Gasteiger partial charge in [0.2, 0.25) is 0 Å². The second-order valence-electron chi connectivity index (χ2n) is 5.30. The molecular weight excluding hydrogens is 347 g/mol. The summed E-state index contributed by atoms with van der Waals surface area (Å²) in [7, 11) is 1.61. The molecule has 3 aromatic rings. The molecule has 1 heterocycles. The Morgan fingerprint density at radius 3 is 2.71 bits per heavy atom. The zero-order chi connectivity index (χ0) is 17.1. The second-order valence-corrected chi connectivity index (χ2v) is 6.09. The van der Waals surface area contributed by atoms with Crippen LogP contribution in [-0.4, -0.2) is 23.7 Å². The number of anilines is 1. The molecule has 0 aliphatic rings. The number of halogens is 2. The van der Waals surface area contributed by atoms with Gasteiger partial charge in [0.25, 0.3) is 0 Å². The van der Waals surface area contributed by atoms with Crippen LogP contribution in [0.25, 0.3) is 10.8 Å². The molecule has 0 amide bonds. The molecule has 0 fully saturated rings. The van der Waals surface area contributed by atoms with E-state index in [-0.39, 0.29) is 6.54 Å². The number of hydrogen-bond donors (Lipinski definition) is 2. The van der Waals surface area contributed by atoms with Crippen molar-refractivity contribution in [1.82, 2.24) is 4.98 Å². The minimum Gasteiger partial charge on any atom is -0.497 e. The van der Waals surface area contributed by atoms with Crippen molar-refractivity contribution >= 4 is 39.8 Å². The van der Waals surface area contributed by atoms with Gasteiger partial charge in [0.1, 0.15) is 16.7 Å². The van der Waals surface area contributed by atoms with Gasteiger partial charge in [0.15, 0.2) is 0 Å².